The molecular formula is C29H29ClN4O3S. The van der Waals surface area contributed by atoms with Crippen LogP contribution >= 0.6 is 11.6 Å². The van der Waals surface area contributed by atoms with Crippen LogP contribution in [0.3, 0.4) is 0 Å². The zero-order chi connectivity index (χ0) is 27.4. The van der Waals surface area contributed by atoms with E-state index >= 15 is 0 Å². The van der Waals surface area contributed by atoms with Crippen molar-refractivity contribution in [3.63, 3.8) is 0 Å². The van der Waals surface area contributed by atoms with E-state index in [1.54, 1.807) is 42.6 Å². The molecule has 4 rings (SSSR count). The number of amides is 1. The van der Waals surface area contributed by atoms with Gasteiger partial charge in [0.2, 0.25) is 0 Å². The van der Waals surface area contributed by atoms with Gasteiger partial charge in [0.1, 0.15) is 6.54 Å². The normalized spacial score (nSPS) is 11.6. The molecule has 38 heavy (non-hydrogen) atoms. The largest absolute Gasteiger partial charge is 0.317 e. The summed E-state index contributed by atoms with van der Waals surface area (Å²) >= 11 is 6.12. The Balaban J connectivity index is 1.57. The van der Waals surface area contributed by atoms with E-state index in [0.29, 0.717) is 5.02 Å². The summed E-state index contributed by atoms with van der Waals surface area (Å²) in [4.78, 5) is 12.9. The van der Waals surface area contributed by atoms with Gasteiger partial charge in [0.25, 0.3) is 15.9 Å². The number of hydrogen-bond acceptors (Lipinski definition) is 4. The molecule has 0 unspecified atom stereocenters. The highest BCUT2D eigenvalue weighted by atomic mass is 35.5. The molecule has 0 radical (unpaired) electrons. The summed E-state index contributed by atoms with van der Waals surface area (Å²) in [5.41, 5.74) is 9.03. The standard InChI is InChI=1S/C29H29ClN4O3S/c1-20-10-8-11-21(2)29(20)34-22(3)16-24(23(34)4)18-31-32-28(35)19-33(26-13-9-12-25(30)17-26)38(36,37)27-14-6-5-7-15-27/h5-18H,19H2,1-4H3,(H,32,35)/b31-18+. The molecule has 0 atom stereocenters. The number of sulfonamides is 1. The van der Waals surface area contributed by atoms with Crippen molar-refractivity contribution in [3.05, 3.63) is 112 Å². The lowest BCUT2D eigenvalue weighted by atomic mass is 10.1. The van der Waals surface area contributed by atoms with Gasteiger partial charge in [-0.15, -0.1) is 0 Å². The lowest BCUT2D eigenvalue weighted by molar-refractivity contribution is -0.119. The van der Waals surface area contributed by atoms with Gasteiger partial charge in [-0.2, -0.15) is 5.10 Å². The molecule has 0 bridgehead atoms. The van der Waals surface area contributed by atoms with E-state index < -0.39 is 22.5 Å². The molecule has 0 aliphatic rings. The second-order valence-corrected chi connectivity index (χ2v) is 11.3. The molecule has 0 spiro atoms. The predicted octanol–water partition coefficient (Wildman–Crippen LogP) is 5.71. The molecule has 0 saturated carbocycles. The second-order valence-electron chi connectivity index (χ2n) is 9.00. The predicted molar refractivity (Wildman–Crippen MR) is 153 cm³/mol. The first-order valence-electron chi connectivity index (χ1n) is 12.0. The smallest absolute Gasteiger partial charge is 0.264 e. The number of para-hydroxylation sites is 1. The summed E-state index contributed by atoms with van der Waals surface area (Å²) < 4.78 is 30.0. The molecule has 7 nitrogen and oxygen atoms in total. The van der Waals surface area contributed by atoms with Gasteiger partial charge in [-0.25, -0.2) is 13.8 Å². The maximum atomic E-state index is 13.4. The lowest BCUT2D eigenvalue weighted by Crippen LogP contribution is -2.39. The molecule has 1 aromatic heterocycles. The molecule has 0 aliphatic heterocycles. The number of nitrogens with one attached hydrogen (secondary N) is 1. The van der Waals surface area contributed by atoms with E-state index in [2.05, 4.69) is 41.1 Å². The van der Waals surface area contributed by atoms with Crippen molar-refractivity contribution >= 4 is 39.4 Å². The topological polar surface area (TPSA) is 83.8 Å². The third-order valence-electron chi connectivity index (χ3n) is 6.24. The molecule has 1 N–H and O–H groups in total. The Morgan fingerprint density at radius 2 is 1.61 bits per heavy atom. The Bertz CT molecular complexity index is 1590. The highest BCUT2D eigenvalue weighted by molar-refractivity contribution is 7.92. The Labute approximate surface area is 228 Å². The average Bonchev–Trinajstić information content (AvgIpc) is 3.15. The first-order chi connectivity index (χ1) is 18.1. The summed E-state index contributed by atoms with van der Waals surface area (Å²) in [6.07, 6.45) is 1.57. The van der Waals surface area contributed by atoms with Crippen LogP contribution in [0.25, 0.3) is 5.69 Å². The van der Waals surface area contributed by atoms with E-state index in [1.165, 1.54) is 18.2 Å². The number of rotatable bonds is 8. The molecule has 1 heterocycles. The van der Waals surface area contributed by atoms with Gasteiger partial charge >= 0.3 is 0 Å². The molecular weight excluding hydrogens is 520 g/mol. The summed E-state index contributed by atoms with van der Waals surface area (Å²) in [5.74, 6) is -0.593. The van der Waals surface area contributed by atoms with Crippen molar-refractivity contribution in [2.75, 3.05) is 10.8 Å². The quantitative estimate of drug-likeness (QED) is 0.226. The summed E-state index contributed by atoms with van der Waals surface area (Å²) in [7, 11) is -4.03. The Morgan fingerprint density at radius 1 is 0.947 bits per heavy atom. The van der Waals surface area contributed by atoms with Crippen LogP contribution in [0, 0.1) is 27.7 Å². The van der Waals surface area contributed by atoms with E-state index in [4.69, 9.17) is 11.6 Å². The molecule has 9 heteroatoms. The number of carbonyl (C=O) groups is 1. The number of hydrogen-bond donors (Lipinski definition) is 1. The Kier molecular flexibility index (Phi) is 8.04. The van der Waals surface area contributed by atoms with Crippen LogP contribution < -0.4 is 9.73 Å². The van der Waals surface area contributed by atoms with Crippen LogP contribution in [0.2, 0.25) is 5.02 Å². The van der Waals surface area contributed by atoms with Gasteiger partial charge in [-0.1, -0.05) is 54.1 Å². The SMILES string of the molecule is Cc1cccc(C)c1-n1c(C)cc(/C=N/NC(=O)CN(c2cccc(Cl)c2)S(=O)(=O)c2ccccc2)c1C. The minimum atomic E-state index is -4.03. The third-order valence-corrected chi connectivity index (χ3v) is 8.26. The maximum absolute atomic E-state index is 13.4. The van der Waals surface area contributed by atoms with Crippen LogP contribution in [0.4, 0.5) is 5.69 Å². The molecule has 0 saturated heterocycles. The maximum Gasteiger partial charge on any atom is 0.264 e. The monoisotopic (exact) mass is 548 g/mol. The van der Waals surface area contributed by atoms with Gasteiger partial charge in [0.15, 0.2) is 0 Å². The number of anilines is 1. The zero-order valence-corrected chi connectivity index (χ0v) is 23.2. The summed E-state index contributed by atoms with van der Waals surface area (Å²) in [5, 5.41) is 4.48. The van der Waals surface area contributed by atoms with Crippen molar-refractivity contribution in [3.8, 4) is 5.69 Å². The number of nitrogens with zero attached hydrogens (tertiary/aromatic N) is 3. The number of carbonyl (C=O) groups excluding carboxylic acids is 1. The zero-order valence-electron chi connectivity index (χ0n) is 21.6. The van der Waals surface area contributed by atoms with Crippen LogP contribution in [0.5, 0.6) is 0 Å². The van der Waals surface area contributed by atoms with Crippen molar-refractivity contribution in [2.45, 2.75) is 32.6 Å². The average molecular weight is 549 g/mol. The van der Waals surface area contributed by atoms with E-state index in [1.807, 2.05) is 26.0 Å². The van der Waals surface area contributed by atoms with Crippen molar-refractivity contribution in [2.24, 2.45) is 5.10 Å². The summed E-state index contributed by atoms with van der Waals surface area (Å²) in [6.45, 7) is 7.69. The number of halogens is 1. The highest BCUT2D eigenvalue weighted by Crippen LogP contribution is 2.27. The van der Waals surface area contributed by atoms with Crippen LogP contribution in [0.15, 0.2) is 88.9 Å². The van der Waals surface area contributed by atoms with Crippen LogP contribution in [0.1, 0.15) is 28.1 Å². The minimum Gasteiger partial charge on any atom is -0.317 e. The number of benzene rings is 3. The molecule has 3 aromatic carbocycles. The van der Waals surface area contributed by atoms with Crippen molar-refractivity contribution in [1.29, 1.82) is 0 Å². The number of aromatic nitrogens is 1. The first kappa shape index (κ1) is 27.2. The Hall–Kier alpha value is -3.88. The third kappa shape index (κ3) is 5.66. The van der Waals surface area contributed by atoms with Gasteiger partial charge in [-0.05, 0) is 75.2 Å². The van der Waals surface area contributed by atoms with Gasteiger partial charge in [-0.3, -0.25) is 9.10 Å². The van der Waals surface area contributed by atoms with Crippen molar-refractivity contribution in [1.82, 2.24) is 9.99 Å². The fourth-order valence-corrected chi connectivity index (χ4v) is 6.04. The van der Waals surface area contributed by atoms with Crippen molar-refractivity contribution < 1.29 is 13.2 Å². The minimum absolute atomic E-state index is 0.0650. The fourth-order valence-electron chi connectivity index (χ4n) is 4.43. The van der Waals surface area contributed by atoms with Gasteiger partial charge in [0, 0.05) is 22.0 Å². The molecule has 1 amide bonds. The van der Waals surface area contributed by atoms with Crippen LogP contribution in [-0.4, -0.2) is 31.7 Å². The molecule has 196 valence electrons. The van der Waals surface area contributed by atoms with E-state index in [9.17, 15) is 13.2 Å². The van der Waals surface area contributed by atoms with Gasteiger partial charge < -0.3 is 4.57 Å². The number of hydrazone groups is 1. The first-order valence-corrected chi connectivity index (χ1v) is 13.8. The highest BCUT2D eigenvalue weighted by Gasteiger charge is 2.27. The van der Waals surface area contributed by atoms with Crippen LogP contribution in [-0.2, 0) is 14.8 Å². The summed E-state index contributed by atoms with van der Waals surface area (Å²) in [6, 6.07) is 22.5. The molecule has 4 aromatic rings. The fraction of sp³-hybridized carbons (Fsp3) is 0.172. The lowest BCUT2D eigenvalue weighted by Gasteiger charge is -2.23. The number of aryl methyl sites for hydroxylation is 3. The van der Waals surface area contributed by atoms with Gasteiger partial charge in [0.05, 0.1) is 22.5 Å². The Morgan fingerprint density at radius 3 is 2.26 bits per heavy atom. The van der Waals surface area contributed by atoms with E-state index in [0.717, 1.165) is 38.1 Å². The second kappa shape index (κ2) is 11.2. The molecule has 0 aliphatic carbocycles. The van der Waals surface area contributed by atoms with E-state index in [-0.39, 0.29) is 10.6 Å². The molecule has 0 fully saturated rings.